The molecule has 9 heavy (non-hydrogen) atoms. The molecule has 1 aliphatic heterocycles. The highest BCUT2D eigenvalue weighted by molar-refractivity contribution is 5.46. The van der Waals surface area contributed by atoms with Crippen molar-refractivity contribution in [2.45, 2.75) is 12.8 Å². The Hall–Kier alpha value is -0.950. The van der Waals surface area contributed by atoms with E-state index in [9.17, 15) is 4.79 Å². The lowest BCUT2D eigenvalue weighted by Gasteiger charge is -1.99. The van der Waals surface area contributed by atoms with Crippen molar-refractivity contribution >= 4 is 5.94 Å². The lowest BCUT2D eigenvalue weighted by molar-refractivity contribution is 0.0671. The molecule has 0 amide bonds. The lowest BCUT2D eigenvalue weighted by Crippen LogP contribution is -1.93. The van der Waals surface area contributed by atoms with Crippen molar-refractivity contribution in [1.82, 2.24) is 0 Å². The van der Waals surface area contributed by atoms with E-state index in [4.69, 9.17) is 9.47 Å². The van der Waals surface area contributed by atoms with Crippen molar-refractivity contribution < 1.29 is 14.3 Å². The Morgan fingerprint density at radius 3 is 2.22 bits per heavy atom. The van der Waals surface area contributed by atoms with E-state index in [0.717, 1.165) is 12.8 Å². The number of ether oxygens (including phenoxy) is 2. The molecule has 0 aromatic heterocycles. The van der Waals surface area contributed by atoms with Crippen LogP contribution in [0.3, 0.4) is 0 Å². The Kier molecular flexibility index (Phi) is 2.16. The standard InChI is InChI=1S/C6H8O3/c7-5-6-8-3-1-2-4-9-6/h1-4H2. The molecule has 50 valence electrons. The molecule has 0 saturated carbocycles. The van der Waals surface area contributed by atoms with E-state index in [1.54, 1.807) is 5.94 Å². The first kappa shape index (κ1) is 6.17. The van der Waals surface area contributed by atoms with Crippen LogP contribution < -0.4 is 0 Å². The SMILES string of the molecule is O=C=C1OCCCCO1. The molecule has 0 bridgehead atoms. The Labute approximate surface area is 53.3 Å². The zero-order chi connectivity index (χ0) is 6.53. The predicted octanol–water partition coefficient (Wildman–Crippen LogP) is 0.486. The number of carbonyl (C=O) groups excluding carboxylic acids is 1. The fourth-order valence-electron chi connectivity index (χ4n) is 0.634. The molecule has 3 heteroatoms. The minimum atomic E-state index is 0.00694. The van der Waals surface area contributed by atoms with Crippen LogP contribution in [0.1, 0.15) is 12.8 Å². The summed E-state index contributed by atoms with van der Waals surface area (Å²) in [5, 5.41) is 0. The van der Waals surface area contributed by atoms with Crippen LogP contribution in [0.5, 0.6) is 0 Å². The number of rotatable bonds is 0. The average Bonchev–Trinajstić information content (AvgIpc) is 2.13. The summed E-state index contributed by atoms with van der Waals surface area (Å²) in [7, 11) is 0. The highest BCUT2D eigenvalue weighted by Gasteiger charge is 2.04. The Bertz CT molecular complexity index is 125. The molecular formula is C6H8O3. The first-order valence-corrected chi connectivity index (χ1v) is 2.94. The molecule has 1 saturated heterocycles. The summed E-state index contributed by atoms with van der Waals surface area (Å²) in [5.41, 5.74) is 0. The second-order valence-corrected chi connectivity index (χ2v) is 1.79. The van der Waals surface area contributed by atoms with E-state index >= 15 is 0 Å². The Morgan fingerprint density at radius 1 is 1.22 bits per heavy atom. The summed E-state index contributed by atoms with van der Waals surface area (Å²) < 4.78 is 9.65. The van der Waals surface area contributed by atoms with Crippen LogP contribution in [-0.4, -0.2) is 19.2 Å². The van der Waals surface area contributed by atoms with Gasteiger partial charge in [0.1, 0.15) is 0 Å². The monoisotopic (exact) mass is 128 g/mol. The topological polar surface area (TPSA) is 35.5 Å². The zero-order valence-electron chi connectivity index (χ0n) is 5.05. The molecule has 0 spiro atoms. The third kappa shape index (κ3) is 1.78. The molecule has 0 aromatic carbocycles. The van der Waals surface area contributed by atoms with Crippen LogP contribution >= 0.6 is 0 Å². The average molecular weight is 128 g/mol. The summed E-state index contributed by atoms with van der Waals surface area (Å²) in [5.74, 6) is 1.57. The quantitative estimate of drug-likeness (QED) is 0.445. The maximum absolute atomic E-state index is 9.90. The van der Waals surface area contributed by atoms with Gasteiger partial charge in [0, 0.05) is 0 Å². The smallest absolute Gasteiger partial charge is 0.369 e. The van der Waals surface area contributed by atoms with E-state index < -0.39 is 0 Å². The molecule has 1 aliphatic rings. The molecule has 3 nitrogen and oxygen atoms in total. The van der Waals surface area contributed by atoms with Gasteiger partial charge >= 0.3 is 5.95 Å². The zero-order valence-corrected chi connectivity index (χ0v) is 5.05. The Morgan fingerprint density at radius 2 is 1.78 bits per heavy atom. The van der Waals surface area contributed by atoms with E-state index in [0.29, 0.717) is 13.2 Å². The highest BCUT2D eigenvalue weighted by atomic mass is 16.7. The molecule has 0 atom stereocenters. The molecule has 1 heterocycles. The van der Waals surface area contributed by atoms with Gasteiger partial charge in [0.2, 0.25) is 5.94 Å². The number of hydrogen-bond acceptors (Lipinski definition) is 3. The first-order valence-electron chi connectivity index (χ1n) is 2.94. The van der Waals surface area contributed by atoms with Crippen LogP contribution in [0, 0.1) is 0 Å². The van der Waals surface area contributed by atoms with Crippen LogP contribution in [0.15, 0.2) is 5.95 Å². The van der Waals surface area contributed by atoms with Gasteiger partial charge in [-0.15, -0.1) is 0 Å². The van der Waals surface area contributed by atoms with Gasteiger partial charge in [0.05, 0.1) is 13.2 Å². The molecule has 0 aliphatic carbocycles. The third-order valence-electron chi connectivity index (χ3n) is 1.09. The van der Waals surface area contributed by atoms with Gasteiger partial charge < -0.3 is 9.47 Å². The highest BCUT2D eigenvalue weighted by Crippen LogP contribution is 2.04. The van der Waals surface area contributed by atoms with Gasteiger partial charge in [-0.05, 0) is 12.8 Å². The molecular weight excluding hydrogens is 120 g/mol. The molecule has 0 radical (unpaired) electrons. The fraction of sp³-hybridized carbons (Fsp3) is 0.667. The van der Waals surface area contributed by atoms with Gasteiger partial charge in [-0.1, -0.05) is 0 Å². The fourth-order valence-corrected chi connectivity index (χ4v) is 0.634. The minimum Gasteiger partial charge on any atom is -0.457 e. The summed E-state index contributed by atoms with van der Waals surface area (Å²) in [6, 6.07) is 0. The first-order chi connectivity index (χ1) is 4.43. The lowest BCUT2D eigenvalue weighted by atomic mass is 10.3. The van der Waals surface area contributed by atoms with E-state index in [-0.39, 0.29) is 5.95 Å². The largest absolute Gasteiger partial charge is 0.457 e. The number of hydrogen-bond donors (Lipinski definition) is 0. The van der Waals surface area contributed by atoms with Crippen LogP contribution in [-0.2, 0) is 14.3 Å². The maximum Gasteiger partial charge on any atom is 0.369 e. The molecule has 0 unspecified atom stereocenters. The van der Waals surface area contributed by atoms with Crippen molar-refractivity contribution in [1.29, 1.82) is 0 Å². The molecule has 1 fully saturated rings. The van der Waals surface area contributed by atoms with Crippen molar-refractivity contribution in [3.05, 3.63) is 5.95 Å². The van der Waals surface area contributed by atoms with Gasteiger partial charge in [0.25, 0.3) is 0 Å². The molecule has 0 N–H and O–H groups in total. The third-order valence-corrected chi connectivity index (χ3v) is 1.09. The second-order valence-electron chi connectivity index (χ2n) is 1.79. The minimum absolute atomic E-state index is 0.00694. The van der Waals surface area contributed by atoms with Crippen LogP contribution in [0.4, 0.5) is 0 Å². The van der Waals surface area contributed by atoms with E-state index in [1.165, 1.54) is 0 Å². The van der Waals surface area contributed by atoms with Gasteiger partial charge in [-0.2, -0.15) is 0 Å². The van der Waals surface area contributed by atoms with Crippen LogP contribution in [0.25, 0.3) is 0 Å². The van der Waals surface area contributed by atoms with Crippen molar-refractivity contribution in [3.8, 4) is 0 Å². The van der Waals surface area contributed by atoms with Gasteiger partial charge in [-0.3, -0.25) is 0 Å². The Balaban J connectivity index is 2.45. The van der Waals surface area contributed by atoms with Crippen molar-refractivity contribution in [2.24, 2.45) is 0 Å². The second kappa shape index (κ2) is 3.15. The van der Waals surface area contributed by atoms with Crippen LogP contribution in [0.2, 0.25) is 0 Å². The van der Waals surface area contributed by atoms with Gasteiger partial charge in [-0.25, -0.2) is 4.79 Å². The normalized spacial score (nSPS) is 18.9. The van der Waals surface area contributed by atoms with Crippen molar-refractivity contribution in [2.75, 3.05) is 13.2 Å². The van der Waals surface area contributed by atoms with Gasteiger partial charge in [0.15, 0.2) is 0 Å². The summed E-state index contributed by atoms with van der Waals surface area (Å²) in [4.78, 5) is 9.90. The van der Waals surface area contributed by atoms with E-state index in [2.05, 4.69) is 0 Å². The van der Waals surface area contributed by atoms with Crippen molar-refractivity contribution in [3.63, 3.8) is 0 Å². The summed E-state index contributed by atoms with van der Waals surface area (Å²) in [6.45, 7) is 1.15. The molecule has 1 rings (SSSR count). The summed E-state index contributed by atoms with van der Waals surface area (Å²) in [6.07, 6.45) is 1.90. The van der Waals surface area contributed by atoms with E-state index in [1.807, 2.05) is 0 Å². The molecule has 0 aromatic rings. The maximum atomic E-state index is 9.90. The summed E-state index contributed by atoms with van der Waals surface area (Å²) >= 11 is 0. The predicted molar refractivity (Wildman–Crippen MR) is 30.3 cm³/mol.